The molecule has 0 aliphatic heterocycles. The van der Waals surface area contributed by atoms with Crippen LogP contribution in [0.1, 0.15) is 18.1 Å². The molecule has 0 saturated carbocycles. The predicted molar refractivity (Wildman–Crippen MR) is 77.1 cm³/mol. The first kappa shape index (κ1) is 13.7. The maximum Gasteiger partial charge on any atom is 0.255 e. The van der Waals surface area contributed by atoms with Crippen molar-refractivity contribution in [2.24, 2.45) is 0 Å². The van der Waals surface area contributed by atoms with Crippen molar-refractivity contribution >= 4 is 11.8 Å². The lowest BCUT2D eigenvalue weighted by atomic mass is 10.1. The van der Waals surface area contributed by atoms with E-state index in [1.54, 1.807) is 6.20 Å². The van der Waals surface area contributed by atoms with Crippen LogP contribution in [0.2, 0.25) is 0 Å². The Bertz CT molecular complexity index is 610. The van der Waals surface area contributed by atoms with Gasteiger partial charge in [0.15, 0.2) is 5.16 Å². The Kier molecular flexibility index (Phi) is 4.63. The molecule has 0 radical (unpaired) electrons. The van der Waals surface area contributed by atoms with Crippen LogP contribution in [0.3, 0.4) is 0 Å². The maximum absolute atomic E-state index is 11.9. The Morgan fingerprint density at radius 3 is 2.95 bits per heavy atom. The van der Waals surface area contributed by atoms with E-state index >= 15 is 0 Å². The highest BCUT2D eigenvalue weighted by Gasteiger charge is 2.04. The first-order valence-corrected chi connectivity index (χ1v) is 7.29. The Morgan fingerprint density at radius 1 is 1.42 bits per heavy atom. The van der Waals surface area contributed by atoms with Gasteiger partial charge in [0, 0.05) is 18.2 Å². The summed E-state index contributed by atoms with van der Waals surface area (Å²) in [7, 11) is 0. The summed E-state index contributed by atoms with van der Waals surface area (Å²) in [6.07, 6.45) is 4.07. The minimum absolute atomic E-state index is 0.0823. The van der Waals surface area contributed by atoms with Crippen LogP contribution in [0.25, 0.3) is 0 Å². The molecular weight excluding hydrogens is 260 g/mol. The second-order valence-corrected chi connectivity index (χ2v) is 4.80. The number of hydrogen-bond acceptors (Lipinski definition) is 4. The van der Waals surface area contributed by atoms with Crippen LogP contribution in [0.15, 0.2) is 40.4 Å². The molecule has 1 N–H and O–H groups in total. The van der Waals surface area contributed by atoms with E-state index in [9.17, 15) is 4.79 Å². The summed E-state index contributed by atoms with van der Waals surface area (Å²) in [6, 6.07) is 7.76. The SMILES string of the molecule is CCOc1cccc(Cc2cnc(SC)[nH]c2=O)c1. The molecule has 0 bridgehead atoms. The molecule has 0 saturated heterocycles. The van der Waals surface area contributed by atoms with Crippen LogP contribution >= 0.6 is 11.8 Å². The predicted octanol–water partition coefficient (Wildman–Crippen LogP) is 2.48. The van der Waals surface area contributed by atoms with Crippen LogP contribution in [0.5, 0.6) is 5.75 Å². The normalized spacial score (nSPS) is 10.4. The van der Waals surface area contributed by atoms with Gasteiger partial charge in [-0.2, -0.15) is 0 Å². The minimum Gasteiger partial charge on any atom is -0.494 e. The average molecular weight is 276 g/mol. The van der Waals surface area contributed by atoms with E-state index in [0.29, 0.717) is 23.7 Å². The van der Waals surface area contributed by atoms with Crippen LogP contribution in [-0.4, -0.2) is 22.8 Å². The van der Waals surface area contributed by atoms with Gasteiger partial charge in [-0.15, -0.1) is 0 Å². The van der Waals surface area contributed by atoms with E-state index in [-0.39, 0.29) is 5.56 Å². The van der Waals surface area contributed by atoms with Gasteiger partial charge in [-0.1, -0.05) is 23.9 Å². The second-order valence-electron chi connectivity index (χ2n) is 4.00. The maximum atomic E-state index is 11.9. The van der Waals surface area contributed by atoms with E-state index in [1.165, 1.54) is 11.8 Å². The van der Waals surface area contributed by atoms with E-state index in [1.807, 2.05) is 37.4 Å². The van der Waals surface area contributed by atoms with E-state index in [4.69, 9.17) is 4.74 Å². The molecule has 0 aliphatic rings. The highest BCUT2D eigenvalue weighted by atomic mass is 32.2. The lowest BCUT2D eigenvalue weighted by Crippen LogP contribution is -2.14. The summed E-state index contributed by atoms with van der Waals surface area (Å²) in [5.41, 5.74) is 1.61. The van der Waals surface area contributed by atoms with Crippen molar-refractivity contribution in [2.75, 3.05) is 12.9 Å². The van der Waals surface area contributed by atoms with Gasteiger partial charge in [0.05, 0.1) is 6.61 Å². The molecule has 0 unspecified atom stereocenters. The first-order valence-electron chi connectivity index (χ1n) is 6.07. The van der Waals surface area contributed by atoms with E-state index in [0.717, 1.165) is 11.3 Å². The number of hydrogen-bond donors (Lipinski definition) is 1. The standard InChI is InChI=1S/C14H16N2O2S/c1-3-18-12-6-4-5-10(8-12)7-11-9-15-14(19-2)16-13(11)17/h4-6,8-9H,3,7H2,1-2H3,(H,15,16,17). The lowest BCUT2D eigenvalue weighted by molar-refractivity contribution is 0.340. The fraction of sp³-hybridized carbons (Fsp3) is 0.286. The zero-order chi connectivity index (χ0) is 13.7. The van der Waals surface area contributed by atoms with Gasteiger partial charge < -0.3 is 9.72 Å². The zero-order valence-corrected chi connectivity index (χ0v) is 11.8. The quantitative estimate of drug-likeness (QED) is 0.673. The van der Waals surface area contributed by atoms with Crippen molar-refractivity contribution < 1.29 is 4.74 Å². The van der Waals surface area contributed by atoms with Crippen LogP contribution < -0.4 is 10.3 Å². The Hall–Kier alpha value is -1.75. The molecule has 4 nitrogen and oxygen atoms in total. The van der Waals surface area contributed by atoms with Crippen molar-refractivity contribution in [3.8, 4) is 5.75 Å². The molecule has 2 rings (SSSR count). The van der Waals surface area contributed by atoms with Crippen molar-refractivity contribution in [3.05, 3.63) is 51.9 Å². The van der Waals surface area contributed by atoms with Gasteiger partial charge in [0.25, 0.3) is 5.56 Å². The van der Waals surface area contributed by atoms with Gasteiger partial charge in [-0.25, -0.2) is 4.98 Å². The highest BCUT2D eigenvalue weighted by molar-refractivity contribution is 7.98. The summed E-state index contributed by atoms with van der Waals surface area (Å²) in [4.78, 5) is 18.8. The van der Waals surface area contributed by atoms with E-state index < -0.39 is 0 Å². The Morgan fingerprint density at radius 2 is 2.26 bits per heavy atom. The smallest absolute Gasteiger partial charge is 0.255 e. The first-order chi connectivity index (χ1) is 9.22. The van der Waals surface area contributed by atoms with Crippen molar-refractivity contribution in [1.29, 1.82) is 0 Å². The van der Waals surface area contributed by atoms with Gasteiger partial charge in [-0.05, 0) is 30.9 Å². The van der Waals surface area contributed by atoms with Crippen LogP contribution in [0, 0.1) is 0 Å². The molecule has 0 amide bonds. The van der Waals surface area contributed by atoms with Gasteiger partial charge in [-0.3, -0.25) is 4.79 Å². The third-order valence-electron chi connectivity index (χ3n) is 2.65. The van der Waals surface area contributed by atoms with Gasteiger partial charge >= 0.3 is 0 Å². The molecule has 19 heavy (non-hydrogen) atoms. The number of nitrogens with one attached hydrogen (secondary N) is 1. The topological polar surface area (TPSA) is 55.0 Å². The number of H-pyrrole nitrogens is 1. The Balaban J connectivity index is 2.21. The molecule has 0 spiro atoms. The molecule has 0 fully saturated rings. The third kappa shape index (κ3) is 3.61. The molecule has 5 heteroatoms. The highest BCUT2D eigenvalue weighted by Crippen LogP contribution is 2.15. The van der Waals surface area contributed by atoms with Crippen LogP contribution in [0.4, 0.5) is 0 Å². The van der Waals surface area contributed by atoms with Gasteiger partial charge in [0.2, 0.25) is 0 Å². The number of thioether (sulfide) groups is 1. The molecule has 1 aromatic carbocycles. The summed E-state index contributed by atoms with van der Waals surface area (Å²) >= 11 is 1.42. The number of nitrogens with zero attached hydrogens (tertiary/aromatic N) is 1. The molecule has 1 aromatic heterocycles. The summed E-state index contributed by atoms with van der Waals surface area (Å²) in [6.45, 7) is 2.58. The average Bonchev–Trinajstić information content (AvgIpc) is 2.42. The number of aromatic nitrogens is 2. The third-order valence-corrected chi connectivity index (χ3v) is 3.24. The number of benzene rings is 1. The summed E-state index contributed by atoms with van der Waals surface area (Å²) in [5.74, 6) is 0.824. The molecule has 2 aromatic rings. The second kappa shape index (κ2) is 6.43. The molecule has 0 aliphatic carbocycles. The fourth-order valence-electron chi connectivity index (χ4n) is 1.77. The largest absolute Gasteiger partial charge is 0.494 e. The van der Waals surface area contributed by atoms with Crippen molar-refractivity contribution in [1.82, 2.24) is 9.97 Å². The zero-order valence-electron chi connectivity index (χ0n) is 11.0. The fourth-order valence-corrected chi connectivity index (χ4v) is 2.12. The van der Waals surface area contributed by atoms with Gasteiger partial charge in [0.1, 0.15) is 5.75 Å². The number of aromatic amines is 1. The lowest BCUT2D eigenvalue weighted by Gasteiger charge is -2.06. The monoisotopic (exact) mass is 276 g/mol. The van der Waals surface area contributed by atoms with Crippen molar-refractivity contribution in [2.45, 2.75) is 18.5 Å². The van der Waals surface area contributed by atoms with Crippen LogP contribution in [-0.2, 0) is 6.42 Å². The molecule has 0 atom stereocenters. The molecule has 100 valence electrons. The number of ether oxygens (including phenoxy) is 1. The molecule has 1 heterocycles. The minimum atomic E-state index is -0.0823. The number of rotatable bonds is 5. The summed E-state index contributed by atoms with van der Waals surface area (Å²) < 4.78 is 5.45. The van der Waals surface area contributed by atoms with Crippen molar-refractivity contribution in [3.63, 3.8) is 0 Å². The Labute approximate surface area is 116 Å². The summed E-state index contributed by atoms with van der Waals surface area (Å²) in [5, 5.41) is 0.636. The molecular formula is C14H16N2O2S. The van der Waals surface area contributed by atoms with E-state index in [2.05, 4.69) is 9.97 Å².